The van der Waals surface area contributed by atoms with Crippen LogP contribution in [0.2, 0.25) is 0 Å². The van der Waals surface area contributed by atoms with Crippen LogP contribution < -0.4 is 10.1 Å². The first-order valence-corrected chi connectivity index (χ1v) is 4.66. The number of nitrogens with zero attached hydrogens (tertiary/aromatic N) is 1. The topological polar surface area (TPSA) is 65.3 Å². The molecule has 4 nitrogen and oxygen atoms in total. The molecule has 0 fully saturated rings. The van der Waals surface area contributed by atoms with Gasteiger partial charge in [0.15, 0.2) is 11.5 Å². The van der Waals surface area contributed by atoms with Crippen molar-refractivity contribution in [2.75, 3.05) is 13.7 Å². The lowest BCUT2D eigenvalue weighted by Crippen LogP contribution is -2.19. The molecule has 0 aromatic heterocycles. The van der Waals surface area contributed by atoms with Gasteiger partial charge >= 0.3 is 0 Å². The number of nitrogens with one attached hydrogen (secondary N) is 1. The van der Waals surface area contributed by atoms with Crippen molar-refractivity contribution in [1.29, 1.82) is 5.26 Å². The van der Waals surface area contributed by atoms with Crippen LogP contribution in [0.1, 0.15) is 11.6 Å². The van der Waals surface area contributed by atoms with Gasteiger partial charge in [-0.15, -0.1) is 6.42 Å². The Morgan fingerprint density at radius 3 is 2.88 bits per heavy atom. The van der Waals surface area contributed by atoms with Crippen molar-refractivity contribution < 1.29 is 9.84 Å². The minimum atomic E-state index is -0.534. The van der Waals surface area contributed by atoms with Crippen molar-refractivity contribution in [3.8, 4) is 29.9 Å². The van der Waals surface area contributed by atoms with Crippen LogP contribution in [0.4, 0.5) is 0 Å². The van der Waals surface area contributed by atoms with Crippen molar-refractivity contribution >= 4 is 0 Å². The highest BCUT2D eigenvalue weighted by molar-refractivity contribution is 5.43. The molecular weight excluding hydrogens is 204 g/mol. The van der Waals surface area contributed by atoms with E-state index in [4.69, 9.17) is 16.4 Å². The lowest BCUT2D eigenvalue weighted by molar-refractivity contribution is 0.373. The molecule has 82 valence electrons. The Morgan fingerprint density at radius 1 is 1.62 bits per heavy atom. The summed E-state index contributed by atoms with van der Waals surface area (Å²) in [5, 5.41) is 21.3. The summed E-state index contributed by atoms with van der Waals surface area (Å²) < 4.78 is 4.91. The summed E-state index contributed by atoms with van der Waals surface area (Å²) in [6.07, 6.45) is 5.09. The molecule has 1 rings (SSSR count). The number of hydrogen-bond acceptors (Lipinski definition) is 4. The first kappa shape index (κ1) is 11.9. The quantitative estimate of drug-likeness (QED) is 0.742. The van der Waals surface area contributed by atoms with Gasteiger partial charge in [-0.1, -0.05) is 12.0 Å². The van der Waals surface area contributed by atoms with Gasteiger partial charge in [-0.25, -0.2) is 0 Å². The number of rotatable bonds is 4. The van der Waals surface area contributed by atoms with Gasteiger partial charge in [0.1, 0.15) is 6.04 Å². The van der Waals surface area contributed by atoms with Gasteiger partial charge in [0.2, 0.25) is 0 Å². The van der Waals surface area contributed by atoms with Gasteiger partial charge in [0.25, 0.3) is 0 Å². The summed E-state index contributed by atoms with van der Waals surface area (Å²) in [6.45, 7) is 0.297. The molecule has 0 saturated carbocycles. The Labute approximate surface area is 94.5 Å². The molecular formula is C12H12N2O2. The van der Waals surface area contributed by atoms with E-state index in [1.165, 1.54) is 13.2 Å². The van der Waals surface area contributed by atoms with Gasteiger partial charge < -0.3 is 9.84 Å². The van der Waals surface area contributed by atoms with Crippen LogP contribution in [0.25, 0.3) is 0 Å². The van der Waals surface area contributed by atoms with Gasteiger partial charge in [-0.2, -0.15) is 5.26 Å². The lowest BCUT2D eigenvalue weighted by Gasteiger charge is -2.11. The van der Waals surface area contributed by atoms with E-state index in [9.17, 15) is 5.11 Å². The number of hydrogen-bond donors (Lipinski definition) is 2. The lowest BCUT2D eigenvalue weighted by atomic mass is 10.1. The average molecular weight is 216 g/mol. The van der Waals surface area contributed by atoms with Crippen LogP contribution in [-0.4, -0.2) is 18.8 Å². The first-order valence-electron chi connectivity index (χ1n) is 4.66. The molecule has 0 bridgehead atoms. The van der Waals surface area contributed by atoms with Crippen molar-refractivity contribution in [3.63, 3.8) is 0 Å². The number of aromatic hydroxyl groups is 1. The van der Waals surface area contributed by atoms with Gasteiger partial charge in [-0.05, 0) is 17.7 Å². The minimum absolute atomic E-state index is 0.00255. The number of nitriles is 1. The van der Waals surface area contributed by atoms with E-state index in [2.05, 4.69) is 17.3 Å². The second kappa shape index (κ2) is 5.65. The molecule has 0 aliphatic rings. The van der Waals surface area contributed by atoms with E-state index in [0.29, 0.717) is 17.9 Å². The Balaban J connectivity index is 2.91. The summed E-state index contributed by atoms with van der Waals surface area (Å²) in [4.78, 5) is 0. The zero-order valence-electron chi connectivity index (χ0n) is 8.90. The maximum absolute atomic E-state index is 9.56. The molecule has 0 spiro atoms. The van der Waals surface area contributed by atoms with Crippen LogP contribution in [0.3, 0.4) is 0 Å². The van der Waals surface area contributed by atoms with E-state index >= 15 is 0 Å². The molecule has 4 heteroatoms. The fourth-order valence-electron chi connectivity index (χ4n) is 1.29. The second-order valence-corrected chi connectivity index (χ2v) is 3.08. The van der Waals surface area contributed by atoms with E-state index < -0.39 is 6.04 Å². The number of ether oxygens (including phenoxy) is 1. The molecule has 0 heterocycles. The SMILES string of the molecule is C#CCNC(C#N)c1ccc(OC)c(O)c1. The molecule has 0 saturated heterocycles. The third-order valence-corrected chi connectivity index (χ3v) is 2.07. The number of phenols is 1. The third kappa shape index (κ3) is 2.66. The summed E-state index contributed by atoms with van der Waals surface area (Å²) in [5.74, 6) is 2.77. The van der Waals surface area contributed by atoms with E-state index in [0.717, 1.165) is 0 Å². The Morgan fingerprint density at radius 2 is 2.38 bits per heavy atom. The molecule has 16 heavy (non-hydrogen) atoms. The monoisotopic (exact) mass is 216 g/mol. The third-order valence-electron chi connectivity index (χ3n) is 2.07. The summed E-state index contributed by atoms with van der Waals surface area (Å²) in [6, 6.07) is 6.32. The molecule has 1 atom stereocenters. The normalized spacial score (nSPS) is 11.2. The number of methoxy groups -OCH3 is 1. The smallest absolute Gasteiger partial charge is 0.160 e. The highest BCUT2D eigenvalue weighted by Crippen LogP contribution is 2.28. The van der Waals surface area contributed by atoms with Crippen LogP contribution in [0, 0.1) is 23.7 Å². The summed E-state index contributed by atoms with van der Waals surface area (Å²) >= 11 is 0. The fourth-order valence-corrected chi connectivity index (χ4v) is 1.29. The van der Waals surface area contributed by atoms with E-state index in [1.807, 2.05) is 0 Å². The molecule has 0 aliphatic heterocycles. The number of phenolic OH excluding ortho intramolecular Hbond substituents is 1. The predicted molar refractivity (Wildman–Crippen MR) is 59.8 cm³/mol. The van der Waals surface area contributed by atoms with E-state index in [-0.39, 0.29) is 5.75 Å². The van der Waals surface area contributed by atoms with Gasteiger partial charge in [-0.3, -0.25) is 5.32 Å². The minimum Gasteiger partial charge on any atom is -0.504 e. The van der Waals surface area contributed by atoms with Crippen LogP contribution in [-0.2, 0) is 0 Å². The fraction of sp³-hybridized carbons (Fsp3) is 0.250. The standard InChI is InChI=1S/C12H12N2O2/c1-3-6-14-10(8-13)9-4-5-12(16-2)11(15)7-9/h1,4-5,7,10,14-15H,6H2,2H3. The van der Waals surface area contributed by atoms with E-state index in [1.54, 1.807) is 12.1 Å². The number of benzene rings is 1. The van der Waals surface area contributed by atoms with Crippen molar-refractivity contribution in [1.82, 2.24) is 5.32 Å². The zero-order valence-corrected chi connectivity index (χ0v) is 8.90. The molecule has 1 aromatic carbocycles. The first-order chi connectivity index (χ1) is 7.72. The van der Waals surface area contributed by atoms with Crippen LogP contribution >= 0.6 is 0 Å². The largest absolute Gasteiger partial charge is 0.504 e. The Kier molecular flexibility index (Phi) is 4.20. The average Bonchev–Trinajstić information content (AvgIpc) is 2.30. The molecule has 0 amide bonds. The second-order valence-electron chi connectivity index (χ2n) is 3.08. The summed E-state index contributed by atoms with van der Waals surface area (Å²) in [5.41, 5.74) is 0.649. The predicted octanol–water partition coefficient (Wildman–Crippen LogP) is 1.19. The Hall–Kier alpha value is -2.17. The van der Waals surface area contributed by atoms with Crippen LogP contribution in [0.5, 0.6) is 11.5 Å². The highest BCUT2D eigenvalue weighted by atomic mass is 16.5. The molecule has 0 radical (unpaired) electrons. The highest BCUT2D eigenvalue weighted by Gasteiger charge is 2.11. The van der Waals surface area contributed by atoms with Crippen molar-refractivity contribution in [2.45, 2.75) is 6.04 Å². The van der Waals surface area contributed by atoms with Crippen LogP contribution in [0.15, 0.2) is 18.2 Å². The molecule has 1 aromatic rings. The molecule has 2 N–H and O–H groups in total. The van der Waals surface area contributed by atoms with Gasteiger partial charge in [0.05, 0.1) is 19.7 Å². The van der Waals surface area contributed by atoms with Crippen molar-refractivity contribution in [3.05, 3.63) is 23.8 Å². The van der Waals surface area contributed by atoms with Gasteiger partial charge in [0, 0.05) is 0 Å². The maximum Gasteiger partial charge on any atom is 0.160 e. The Bertz CT molecular complexity index is 443. The van der Waals surface area contributed by atoms with Crippen molar-refractivity contribution in [2.24, 2.45) is 0 Å². The zero-order chi connectivity index (χ0) is 12.0. The number of terminal acetylenes is 1. The molecule has 1 unspecified atom stereocenters. The summed E-state index contributed by atoms with van der Waals surface area (Å²) in [7, 11) is 1.47. The molecule has 0 aliphatic carbocycles. The maximum atomic E-state index is 9.56.